The molecule has 0 unspecified atom stereocenters. The average molecular weight is 229 g/mol. The van der Waals surface area contributed by atoms with E-state index >= 15 is 0 Å². The second-order valence-electron chi connectivity index (χ2n) is 3.74. The van der Waals surface area contributed by atoms with Gasteiger partial charge in [-0.25, -0.2) is 4.79 Å². The van der Waals surface area contributed by atoms with E-state index in [0.717, 1.165) is 22.9 Å². The van der Waals surface area contributed by atoms with E-state index in [0.29, 0.717) is 12.2 Å². The second-order valence-corrected chi connectivity index (χ2v) is 3.74. The van der Waals surface area contributed by atoms with Gasteiger partial charge in [0.05, 0.1) is 17.7 Å². The maximum absolute atomic E-state index is 11.8. The lowest BCUT2D eigenvalue weighted by Gasteiger charge is -2.09. The minimum absolute atomic E-state index is 0.289. The molecule has 3 nitrogen and oxygen atoms in total. The van der Waals surface area contributed by atoms with Gasteiger partial charge in [0.15, 0.2) is 0 Å². The Kier molecular flexibility index (Phi) is 3.38. The number of fused-ring (bicyclic) bond motifs is 1. The van der Waals surface area contributed by atoms with Crippen molar-refractivity contribution in [3.8, 4) is 0 Å². The minimum Gasteiger partial charge on any atom is -0.462 e. The van der Waals surface area contributed by atoms with Crippen molar-refractivity contribution in [3.63, 3.8) is 0 Å². The number of esters is 1. The van der Waals surface area contributed by atoms with Gasteiger partial charge in [-0.15, -0.1) is 0 Å². The molecule has 2 rings (SSSR count). The number of aromatic nitrogens is 1. The highest BCUT2D eigenvalue weighted by molar-refractivity contribution is 5.97. The van der Waals surface area contributed by atoms with E-state index in [1.807, 2.05) is 31.2 Å². The largest absolute Gasteiger partial charge is 0.462 e. The lowest BCUT2D eigenvalue weighted by Crippen LogP contribution is -2.09. The van der Waals surface area contributed by atoms with Gasteiger partial charge in [-0.05, 0) is 25.0 Å². The van der Waals surface area contributed by atoms with Gasteiger partial charge in [0.25, 0.3) is 0 Å². The molecule has 1 aromatic heterocycles. The van der Waals surface area contributed by atoms with Crippen molar-refractivity contribution in [3.05, 3.63) is 41.6 Å². The summed E-state index contributed by atoms with van der Waals surface area (Å²) in [5.41, 5.74) is 2.50. The maximum Gasteiger partial charge on any atom is 0.339 e. The first kappa shape index (κ1) is 11.6. The van der Waals surface area contributed by atoms with Gasteiger partial charge in [0, 0.05) is 11.6 Å². The number of rotatable bonds is 3. The third kappa shape index (κ3) is 2.13. The van der Waals surface area contributed by atoms with Gasteiger partial charge in [-0.3, -0.25) is 4.98 Å². The van der Waals surface area contributed by atoms with Crippen molar-refractivity contribution < 1.29 is 9.53 Å². The fraction of sp³-hybridized carbons (Fsp3) is 0.286. The number of hydrogen-bond acceptors (Lipinski definition) is 3. The first-order valence-electron chi connectivity index (χ1n) is 5.81. The Bertz CT molecular complexity index is 549. The van der Waals surface area contributed by atoms with Crippen molar-refractivity contribution >= 4 is 16.9 Å². The number of para-hydroxylation sites is 1. The maximum atomic E-state index is 11.8. The van der Waals surface area contributed by atoms with Crippen LogP contribution in [0, 0.1) is 0 Å². The number of ether oxygens (including phenoxy) is 1. The number of carbonyl (C=O) groups excluding carboxylic acids is 1. The molecule has 0 aliphatic carbocycles. The smallest absolute Gasteiger partial charge is 0.339 e. The molecule has 17 heavy (non-hydrogen) atoms. The van der Waals surface area contributed by atoms with Crippen LogP contribution in [0.15, 0.2) is 30.5 Å². The Morgan fingerprint density at radius 2 is 2.06 bits per heavy atom. The third-order valence-corrected chi connectivity index (χ3v) is 2.74. The summed E-state index contributed by atoms with van der Waals surface area (Å²) in [6.07, 6.45) is 2.40. The number of benzene rings is 1. The molecule has 0 N–H and O–H groups in total. The van der Waals surface area contributed by atoms with Crippen molar-refractivity contribution in [1.82, 2.24) is 4.98 Å². The summed E-state index contributed by atoms with van der Waals surface area (Å²) >= 11 is 0. The number of pyridine rings is 1. The third-order valence-electron chi connectivity index (χ3n) is 2.74. The van der Waals surface area contributed by atoms with Crippen molar-refractivity contribution in [1.29, 1.82) is 0 Å². The van der Waals surface area contributed by atoms with Crippen LogP contribution in [-0.2, 0) is 11.2 Å². The highest BCUT2D eigenvalue weighted by atomic mass is 16.5. The van der Waals surface area contributed by atoms with Crippen LogP contribution in [0.2, 0.25) is 0 Å². The molecule has 0 aliphatic heterocycles. The molecule has 0 radical (unpaired) electrons. The van der Waals surface area contributed by atoms with Gasteiger partial charge < -0.3 is 4.74 Å². The molecular weight excluding hydrogens is 214 g/mol. The zero-order valence-electron chi connectivity index (χ0n) is 10.1. The van der Waals surface area contributed by atoms with Crippen LogP contribution in [0.3, 0.4) is 0 Å². The summed E-state index contributed by atoms with van der Waals surface area (Å²) in [4.78, 5) is 16.1. The first-order valence-corrected chi connectivity index (χ1v) is 5.81. The van der Waals surface area contributed by atoms with Gasteiger partial charge in [-0.2, -0.15) is 0 Å². The molecule has 3 heteroatoms. The molecule has 1 aromatic carbocycles. The van der Waals surface area contributed by atoms with E-state index in [4.69, 9.17) is 4.74 Å². The molecular formula is C14H15NO2. The molecule has 0 saturated carbocycles. The number of hydrogen-bond donors (Lipinski definition) is 0. The van der Waals surface area contributed by atoms with Crippen molar-refractivity contribution in [2.75, 3.05) is 6.61 Å². The molecule has 0 fully saturated rings. The topological polar surface area (TPSA) is 39.2 Å². The zero-order chi connectivity index (χ0) is 12.3. The lowest BCUT2D eigenvalue weighted by atomic mass is 10.0. The monoisotopic (exact) mass is 229 g/mol. The van der Waals surface area contributed by atoms with E-state index in [1.165, 1.54) is 0 Å². The number of carbonyl (C=O) groups is 1. The summed E-state index contributed by atoms with van der Waals surface area (Å²) in [6, 6.07) is 7.84. The van der Waals surface area contributed by atoms with E-state index in [9.17, 15) is 4.79 Å². The SMILES string of the molecule is CCOC(=O)c1cnc2ccccc2c1CC. The van der Waals surface area contributed by atoms with Crippen LogP contribution in [-0.4, -0.2) is 17.6 Å². The molecule has 1 heterocycles. The fourth-order valence-electron chi connectivity index (χ4n) is 1.96. The van der Waals surface area contributed by atoms with Crippen LogP contribution in [0.5, 0.6) is 0 Å². The summed E-state index contributed by atoms with van der Waals surface area (Å²) in [6.45, 7) is 4.22. The van der Waals surface area contributed by atoms with Crippen LogP contribution >= 0.6 is 0 Å². The Morgan fingerprint density at radius 3 is 2.76 bits per heavy atom. The molecule has 0 amide bonds. The second kappa shape index (κ2) is 4.95. The zero-order valence-corrected chi connectivity index (χ0v) is 10.1. The lowest BCUT2D eigenvalue weighted by molar-refractivity contribution is 0.0525. The highest BCUT2D eigenvalue weighted by Gasteiger charge is 2.14. The molecule has 0 atom stereocenters. The highest BCUT2D eigenvalue weighted by Crippen LogP contribution is 2.21. The molecule has 2 aromatic rings. The summed E-state index contributed by atoms with van der Waals surface area (Å²) in [5.74, 6) is -0.289. The first-order chi connectivity index (χ1) is 8.27. The van der Waals surface area contributed by atoms with Crippen LogP contribution in [0.25, 0.3) is 10.9 Å². The minimum atomic E-state index is -0.289. The average Bonchev–Trinajstić information content (AvgIpc) is 2.37. The predicted molar refractivity (Wildman–Crippen MR) is 67.1 cm³/mol. The van der Waals surface area contributed by atoms with Crippen LogP contribution in [0.1, 0.15) is 29.8 Å². The van der Waals surface area contributed by atoms with E-state index in [2.05, 4.69) is 4.98 Å². The Labute approximate surface area is 100 Å². The van der Waals surface area contributed by atoms with E-state index in [-0.39, 0.29) is 5.97 Å². The Morgan fingerprint density at radius 1 is 1.29 bits per heavy atom. The summed E-state index contributed by atoms with van der Waals surface area (Å²) in [5, 5.41) is 1.03. The molecule has 0 spiro atoms. The van der Waals surface area contributed by atoms with Crippen molar-refractivity contribution in [2.45, 2.75) is 20.3 Å². The van der Waals surface area contributed by atoms with Gasteiger partial charge in [-0.1, -0.05) is 25.1 Å². The van der Waals surface area contributed by atoms with Gasteiger partial charge in [0.2, 0.25) is 0 Å². The molecule has 0 bridgehead atoms. The molecule has 88 valence electrons. The van der Waals surface area contributed by atoms with Gasteiger partial charge >= 0.3 is 5.97 Å². The quantitative estimate of drug-likeness (QED) is 0.759. The normalized spacial score (nSPS) is 10.5. The van der Waals surface area contributed by atoms with E-state index in [1.54, 1.807) is 13.1 Å². The number of aryl methyl sites for hydroxylation is 1. The van der Waals surface area contributed by atoms with Crippen molar-refractivity contribution in [2.24, 2.45) is 0 Å². The van der Waals surface area contributed by atoms with Crippen LogP contribution < -0.4 is 0 Å². The van der Waals surface area contributed by atoms with Crippen LogP contribution in [0.4, 0.5) is 0 Å². The number of nitrogens with zero attached hydrogens (tertiary/aromatic N) is 1. The fourth-order valence-corrected chi connectivity index (χ4v) is 1.96. The summed E-state index contributed by atoms with van der Waals surface area (Å²) < 4.78 is 5.04. The Balaban J connectivity index is 2.60. The summed E-state index contributed by atoms with van der Waals surface area (Å²) in [7, 11) is 0. The molecule has 0 saturated heterocycles. The Hall–Kier alpha value is -1.90. The predicted octanol–water partition coefficient (Wildman–Crippen LogP) is 2.97. The standard InChI is InChI=1S/C14H15NO2/c1-3-10-11-7-5-6-8-13(11)15-9-12(10)14(16)17-4-2/h5-9H,3-4H2,1-2H3. The molecule has 0 aliphatic rings. The van der Waals surface area contributed by atoms with Gasteiger partial charge in [0.1, 0.15) is 0 Å². The van der Waals surface area contributed by atoms with E-state index < -0.39 is 0 Å².